The van der Waals surface area contributed by atoms with Crippen molar-refractivity contribution in [2.45, 2.75) is 32.4 Å². The van der Waals surface area contributed by atoms with E-state index in [-0.39, 0.29) is 13.0 Å². The van der Waals surface area contributed by atoms with Crippen LogP contribution in [-0.4, -0.2) is 12.0 Å². The first-order valence-electron chi connectivity index (χ1n) is 9.28. The summed E-state index contributed by atoms with van der Waals surface area (Å²) in [4.78, 5) is 35.5. The van der Waals surface area contributed by atoms with Crippen molar-refractivity contribution in [1.29, 1.82) is 0 Å². The van der Waals surface area contributed by atoms with Crippen molar-refractivity contribution in [3.05, 3.63) is 81.7 Å². The van der Waals surface area contributed by atoms with Crippen molar-refractivity contribution in [2.75, 3.05) is 0 Å². The van der Waals surface area contributed by atoms with E-state index in [1.54, 1.807) is 24.3 Å². The molecule has 3 rings (SSSR count). The van der Waals surface area contributed by atoms with E-state index in [0.717, 1.165) is 17.5 Å². The van der Waals surface area contributed by atoms with Gasteiger partial charge in [0, 0.05) is 17.0 Å². The molecule has 1 heterocycles. The van der Waals surface area contributed by atoms with Crippen LogP contribution in [0, 0.1) is 0 Å². The van der Waals surface area contributed by atoms with Gasteiger partial charge in [-0.2, -0.15) is 0 Å². The fraction of sp³-hybridized carbons (Fsp3) is 0.227. The number of primary amides is 1. The van der Waals surface area contributed by atoms with E-state index in [1.807, 2.05) is 31.2 Å². The number of urea groups is 1. The molecule has 0 radical (unpaired) electrons. The number of nitrogens with two attached hydrogens (primary N) is 1. The molecule has 0 saturated carbocycles. The molecule has 150 valence electrons. The van der Waals surface area contributed by atoms with Gasteiger partial charge in [-0.1, -0.05) is 49.4 Å². The fourth-order valence-corrected chi connectivity index (χ4v) is 3.11. The molecule has 2 aromatic carbocycles. The summed E-state index contributed by atoms with van der Waals surface area (Å²) in [7, 11) is 0. The van der Waals surface area contributed by atoms with Gasteiger partial charge in [-0.25, -0.2) is 9.59 Å². The van der Waals surface area contributed by atoms with Crippen LogP contribution in [0.1, 0.15) is 36.1 Å². The van der Waals surface area contributed by atoms with Gasteiger partial charge < -0.3 is 20.2 Å². The quantitative estimate of drug-likeness (QED) is 0.472. The third kappa shape index (κ3) is 5.22. The summed E-state index contributed by atoms with van der Waals surface area (Å²) in [5.74, 6) is -0.529. The highest BCUT2D eigenvalue weighted by molar-refractivity contribution is 5.81. The van der Waals surface area contributed by atoms with Gasteiger partial charge in [0.15, 0.2) is 0 Å². The van der Waals surface area contributed by atoms with Gasteiger partial charge in [0.05, 0.1) is 12.5 Å². The van der Waals surface area contributed by atoms with Gasteiger partial charge >= 0.3 is 17.6 Å². The normalized spacial score (nSPS) is 11.8. The molecule has 0 spiro atoms. The number of carbonyl (C=O) groups is 2. The number of fused-ring (bicyclic) bond motifs is 1. The number of amides is 2. The second kappa shape index (κ2) is 9.05. The van der Waals surface area contributed by atoms with Crippen molar-refractivity contribution in [1.82, 2.24) is 5.32 Å². The third-order valence-electron chi connectivity index (χ3n) is 4.58. The largest absolute Gasteiger partial charge is 0.461 e. The lowest BCUT2D eigenvalue weighted by Gasteiger charge is -2.17. The number of hydrogen-bond donors (Lipinski definition) is 2. The minimum atomic E-state index is -0.731. The van der Waals surface area contributed by atoms with Crippen LogP contribution in [0.5, 0.6) is 0 Å². The predicted octanol–water partition coefficient (Wildman–Crippen LogP) is 3.20. The monoisotopic (exact) mass is 394 g/mol. The van der Waals surface area contributed by atoms with Crippen molar-refractivity contribution in [2.24, 2.45) is 5.73 Å². The second-order valence-electron chi connectivity index (χ2n) is 6.61. The Morgan fingerprint density at radius 3 is 2.59 bits per heavy atom. The van der Waals surface area contributed by atoms with Crippen LogP contribution < -0.4 is 16.7 Å². The molecule has 3 N–H and O–H groups in total. The van der Waals surface area contributed by atoms with Crippen LogP contribution >= 0.6 is 0 Å². The molecule has 2 amide bonds. The highest BCUT2D eigenvalue weighted by Crippen LogP contribution is 2.21. The summed E-state index contributed by atoms with van der Waals surface area (Å²) in [5, 5.41) is 3.26. The summed E-state index contributed by atoms with van der Waals surface area (Å²) < 4.78 is 10.6. The first-order valence-corrected chi connectivity index (χ1v) is 9.28. The van der Waals surface area contributed by atoms with E-state index in [9.17, 15) is 14.4 Å². The Balaban J connectivity index is 1.74. The Hall–Kier alpha value is -3.61. The van der Waals surface area contributed by atoms with E-state index in [2.05, 4.69) is 5.32 Å². The standard InChI is InChI=1S/C22H22N2O5/c1-2-14-8-9-17-16(11-21(26)29-19(17)10-14)13-28-20(25)12-18(24-22(23)27)15-6-4-3-5-7-15/h3-11,18H,2,12-13H2,1H3,(H3,23,24,27)/t18-/m1/s1. The molecular weight excluding hydrogens is 372 g/mol. The Labute approximate surface area is 167 Å². The van der Waals surface area contributed by atoms with Gasteiger partial charge in [0.2, 0.25) is 0 Å². The Morgan fingerprint density at radius 1 is 1.14 bits per heavy atom. The summed E-state index contributed by atoms with van der Waals surface area (Å²) in [6.07, 6.45) is 0.721. The molecule has 0 unspecified atom stereocenters. The second-order valence-corrected chi connectivity index (χ2v) is 6.61. The summed E-state index contributed by atoms with van der Waals surface area (Å²) in [6, 6.07) is 14.6. The van der Waals surface area contributed by atoms with Crippen LogP contribution in [-0.2, 0) is 22.6 Å². The maximum Gasteiger partial charge on any atom is 0.336 e. The van der Waals surface area contributed by atoms with Crippen LogP contribution in [0.3, 0.4) is 0 Å². The lowest BCUT2D eigenvalue weighted by atomic mass is 10.0. The fourth-order valence-electron chi connectivity index (χ4n) is 3.11. The lowest BCUT2D eigenvalue weighted by Crippen LogP contribution is -2.34. The molecule has 7 nitrogen and oxygen atoms in total. The van der Waals surface area contributed by atoms with Crippen LogP contribution in [0.2, 0.25) is 0 Å². The third-order valence-corrected chi connectivity index (χ3v) is 4.58. The molecule has 0 aliphatic heterocycles. The molecule has 0 fully saturated rings. The topological polar surface area (TPSA) is 112 Å². The number of esters is 1. The minimum absolute atomic E-state index is 0.0789. The summed E-state index contributed by atoms with van der Waals surface area (Å²) in [6.45, 7) is 1.93. The van der Waals surface area contributed by atoms with Crippen molar-refractivity contribution in [3.8, 4) is 0 Å². The molecule has 29 heavy (non-hydrogen) atoms. The van der Waals surface area contributed by atoms with Crippen molar-refractivity contribution in [3.63, 3.8) is 0 Å². The van der Waals surface area contributed by atoms with Gasteiger partial charge in [0.1, 0.15) is 12.2 Å². The average molecular weight is 394 g/mol. The number of carbonyl (C=O) groups excluding carboxylic acids is 2. The Morgan fingerprint density at radius 2 is 1.90 bits per heavy atom. The Bertz CT molecular complexity index is 1080. The number of rotatable bonds is 7. The van der Waals surface area contributed by atoms with Crippen LogP contribution in [0.15, 0.2) is 63.8 Å². The molecule has 1 aromatic heterocycles. The van der Waals surface area contributed by atoms with E-state index in [1.165, 1.54) is 6.07 Å². The smallest absolute Gasteiger partial charge is 0.336 e. The van der Waals surface area contributed by atoms with Crippen molar-refractivity contribution >= 4 is 23.0 Å². The maximum absolute atomic E-state index is 12.4. The van der Waals surface area contributed by atoms with E-state index in [0.29, 0.717) is 16.5 Å². The van der Waals surface area contributed by atoms with Gasteiger partial charge in [0.25, 0.3) is 0 Å². The van der Waals surface area contributed by atoms with Crippen molar-refractivity contribution < 1.29 is 18.7 Å². The molecule has 3 aromatic rings. The SMILES string of the molecule is CCc1ccc2c(COC(=O)C[C@@H](NC(N)=O)c3ccccc3)cc(=O)oc2c1. The number of nitrogens with one attached hydrogen (secondary N) is 1. The molecule has 0 aliphatic rings. The van der Waals surface area contributed by atoms with E-state index >= 15 is 0 Å². The zero-order valence-corrected chi connectivity index (χ0v) is 16.0. The molecule has 0 saturated heterocycles. The molecule has 0 bridgehead atoms. The highest BCUT2D eigenvalue weighted by Gasteiger charge is 2.19. The summed E-state index contributed by atoms with van der Waals surface area (Å²) >= 11 is 0. The molecule has 7 heteroatoms. The number of ether oxygens (including phenoxy) is 1. The highest BCUT2D eigenvalue weighted by atomic mass is 16.5. The number of aryl methyl sites for hydroxylation is 1. The zero-order chi connectivity index (χ0) is 20.8. The van der Waals surface area contributed by atoms with Gasteiger partial charge in [-0.05, 0) is 23.6 Å². The molecule has 0 aliphatic carbocycles. The van der Waals surface area contributed by atoms with Crippen LogP contribution in [0.4, 0.5) is 4.79 Å². The zero-order valence-electron chi connectivity index (χ0n) is 16.0. The lowest BCUT2D eigenvalue weighted by molar-refractivity contribution is -0.145. The average Bonchev–Trinajstić information content (AvgIpc) is 2.71. The maximum atomic E-state index is 12.4. The van der Waals surface area contributed by atoms with Crippen LogP contribution in [0.25, 0.3) is 11.0 Å². The van der Waals surface area contributed by atoms with E-state index in [4.69, 9.17) is 14.9 Å². The first kappa shape index (κ1) is 20.1. The predicted molar refractivity (Wildman–Crippen MR) is 108 cm³/mol. The van der Waals surface area contributed by atoms with Gasteiger partial charge in [-0.15, -0.1) is 0 Å². The molecule has 1 atom stereocenters. The number of hydrogen-bond acceptors (Lipinski definition) is 5. The van der Waals surface area contributed by atoms with E-state index < -0.39 is 23.7 Å². The first-order chi connectivity index (χ1) is 14.0. The summed E-state index contributed by atoms with van der Waals surface area (Å²) in [5.41, 5.74) is 7.52. The minimum Gasteiger partial charge on any atom is -0.461 e. The number of benzene rings is 2. The Kier molecular flexibility index (Phi) is 6.29. The molecular formula is C22H22N2O5. The van der Waals surface area contributed by atoms with Gasteiger partial charge in [-0.3, -0.25) is 4.79 Å².